The second-order valence-electron chi connectivity index (χ2n) is 5.06. The number of hydrogen-bond acceptors (Lipinski definition) is 1. The molecule has 4 aromatic rings. The average molecular weight is 258 g/mol. The quantitative estimate of drug-likeness (QED) is 0.570. The lowest BCUT2D eigenvalue weighted by molar-refractivity contribution is 1.04. The van der Waals surface area contributed by atoms with Crippen molar-refractivity contribution in [2.45, 2.75) is 6.42 Å². The Kier molecular flexibility index (Phi) is 2.52. The van der Waals surface area contributed by atoms with E-state index in [1.807, 2.05) is 18.2 Å². The Labute approximate surface area is 117 Å². The molecular formula is C18H14N2. The topological polar surface area (TPSA) is 28.7 Å². The van der Waals surface area contributed by atoms with Crippen LogP contribution in [0.2, 0.25) is 0 Å². The van der Waals surface area contributed by atoms with Gasteiger partial charge in [0.25, 0.3) is 0 Å². The van der Waals surface area contributed by atoms with E-state index in [9.17, 15) is 0 Å². The minimum atomic E-state index is 0.833. The number of aromatic amines is 1. The zero-order valence-electron chi connectivity index (χ0n) is 11.0. The van der Waals surface area contributed by atoms with Crippen LogP contribution in [0, 0.1) is 0 Å². The molecule has 4 rings (SSSR count). The number of H-pyrrole nitrogens is 1. The Morgan fingerprint density at radius 3 is 2.50 bits per heavy atom. The number of para-hydroxylation sites is 2. The maximum absolute atomic E-state index is 4.63. The maximum Gasteiger partial charge on any atom is 0.111 e. The van der Waals surface area contributed by atoms with Crippen molar-refractivity contribution in [1.29, 1.82) is 0 Å². The summed E-state index contributed by atoms with van der Waals surface area (Å²) in [5, 5.41) is 2.56. The molecule has 96 valence electrons. The van der Waals surface area contributed by atoms with E-state index >= 15 is 0 Å². The number of imidazole rings is 1. The summed E-state index contributed by atoms with van der Waals surface area (Å²) in [6, 6.07) is 23.2. The summed E-state index contributed by atoms with van der Waals surface area (Å²) in [4.78, 5) is 8.01. The van der Waals surface area contributed by atoms with Gasteiger partial charge in [-0.25, -0.2) is 4.98 Å². The predicted molar refractivity (Wildman–Crippen MR) is 82.8 cm³/mol. The number of fused-ring (bicyclic) bond motifs is 2. The van der Waals surface area contributed by atoms with Crippen molar-refractivity contribution in [1.82, 2.24) is 9.97 Å². The second-order valence-corrected chi connectivity index (χ2v) is 5.06. The second kappa shape index (κ2) is 4.49. The van der Waals surface area contributed by atoms with Crippen LogP contribution in [-0.2, 0) is 6.42 Å². The third-order valence-corrected chi connectivity index (χ3v) is 3.62. The van der Waals surface area contributed by atoms with Crippen LogP contribution >= 0.6 is 0 Å². The molecule has 1 aromatic heterocycles. The van der Waals surface area contributed by atoms with Crippen LogP contribution in [0.3, 0.4) is 0 Å². The fourth-order valence-electron chi connectivity index (χ4n) is 2.63. The molecule has 2 nitrogen and oxygen atoms in total. The van der Waals surface area contributed by atoms with E-state index in [1.165, 1.54) is 16.3 Å². The number of benzene rings is 3. The monoisotopic (exact) mass is 258 g/mol. The van der Waals surface area contributed by atoms with Crippen molar-refractivity contribution in [3.8, 4) is 0 Å². The first-order valence-corrected chi connectivity index (χ1v) is 6.80. The van der Waals surface area contributed by atoms with E-state index in [2.05, 4.69) is 58.5 Å². The van der Waals surface area contributed by atoms with Crippen LogP contribution in [0.15, 0.2) is 66.7 Å². The van der Waals surface area contributed by atoms with Crippen LogP contribution in [0.1, 0.15) is 11.4 Å². The molecule has 0 aliphatic rings. The molecule has 0 saturated heterocycles. The predicted octanol–water partition coefficient (Wildman–Crippen LogP) is 4.31. The van der Waals surface area contributed by atoms with Crippen LogP contribution < -0.4 is 0 Å². The molecule has 0 amide bonds. The van der Waals surface area contributed by atoms with Gasteiger partial charge < -0.3 is 4.98 Å². The van der Waals surface area contributed by atoms with E-state index in [0.717, 1.165) is 23.3 Å². The first kappa shape index (κ1) is 11.2. The van der Waals surface area contributed by atoms with Gasteiger partial charge in [0.05, 0.1) is 11.0 Å². The molecule has 0 fully saturated rings. The smallest absolute Gasteiger partial charge is 0.111 e. The number of nitrogens with zero attached hydrogens (tertiary/aromatic N) is 1. The van der Waals surface area contributed by atoms with Gasteiger partial charge in [0, 0.05) is 6.42 Å². The third-order valence-electron chi connectivity index (χ3n) is 3.62. The summed E-state index contributed by atoms with van der Waals surface area (Å²) in [7, 11) is 0. The van der Waals surface area contributed by atoms with Gasteiger partial charge in [0.15, 0.2) is 0 Å². The van der Waals surface area contributed by atoms with Crippen molar-refractivity contribution in [3.05, 3.63) is 78.1 Å². The molecule has 0 radical (unpaired) electrons. The van der Waals surface area contributed by atoms with Gasteiger partial charge in [0.2, 0.25) is 0 Å². The zero-order valence-corrected chi connectivity index (χ0v) is 11.0. The van der Waals surface area contributed by atoms with Crippen molar-refractivity contribution >= 4 is 21.8 Å². The van der Waals surface area contributed by atoms with Crippen molar-refractivity contribution in [3.63, 3.8) is 0 Å². The fourth-order valence-corrected chi connectivity index (χ4v) is 2.63. The summed E-state index contributed by atoms with van der Waals surface area (Å²) in [5.41, 5.74) is 3.41. The van der Waals surface area contributed by atoms with Gasteiger partial charge in [-0.05, 0) is 28.5 Å². The number of rotatable bonds is 2. The first-order valence-electron chi connectivity index (χ1n) is 6.80. The molecule has 1 heterocycles. The van der Waals surface area contributed by atoms with Gasteiger partial charge in [-0.3, -0.25) is 0 Å². The van der Waals surface area contributed by atoms with Crippen molar-refractivity contribution in [2.24, 2.45) is 0 Å². The molecule has 0 saturated carbocycles. The largest absolute Gasteiger partial charge is 0.342 e. The molecule has 0 atom stereocenters. The van der Waals surface area contributed by atoms with Crippen molar-refractivity contribution in [2.75, 3.05) is 0 Å². The van der Waals surface area contributed by atoms with Crippen LogP contribution in [-0.4, -0.2) is 9.97 Å². The van der Waals surface area contributed by atoms with E-state index in [4.69, 9.17) is 0 Å². The molecule has 2 heteroatoms. The molecule has 3 aromatic carbocycles. The number of aromatic nitrogens is 2. The first-order chi connectivity index (χ1) is 9.88. The lowest BCUT2D eigenvalue weighted by atomic mass is 10.1. The maximum atomic E-state index is 4.63. The molecule has 20 heavy (non-hydrogen) atoms. The van der Waals surface area contributed by atoms with Gasteiger partial charge >= 0.3 is 0 Å². The summed E-state index contributed by atoms with van der Waals surface area (Å²) < 4.78 is 0. The minimum Gasteiger partial charge on any atom is -0.342 e. The summed E-state index contributed by atoms with van der Waals surface area (Å²) in [5.74, 6) is 1.02. The van der Waals surface area contributed by atoms with Crippen molar-refractivity contribution < 1.29 is 0 Å². The molecule has 0 aliphatic heterocycles. The SMILES string of the molecule is c1ccc2cc(Cc3nc4ccccc4[nH]3)ccc2c1. The third kappa shape index (κ3) is 1.95. The van der Waals surface area contributed by atoms with Gasteiger partial charge in [-0.1, -0.05) is 54.6 Å². The van der Waals surface area contributed by atoms with Gasteiger partial charge in [-0.15, -0.1) is 0 Å². The number of nitrogens with one attached hydrogen (secondary N) is 1. The normalized spacial score (nSPS) is 11.2. The molecule has 0 spiro atoms. The fraction of sp³-hybridized carbons (Fsp3) is 0.0556. The highest BCUT2D eigenvalue weighted by Crippen LogP contribution is 2.18. The Morgan fingerprint density at radius 2 is 1.60 bits per heavy atom. The Morgan fingerprint density at radius 1 is 0.800 bits per heavy atom. The molecule has 1 N–H and O–H groups in total. The highest BCUT2D eigenvalue weighted by Gasteiger charge is 2.03. The highest BCUT2D eigenvalue weighted by molar-refractivity contribution is 5.83. The molecule has 0 unspecified atom stereocenters. The van der Waals surface area contributed by atoms with E-state index < -0.39 is 0 Å². The van der Waals surface area contributed by atoms with Crippen LogP contribution in [0.4, 0.5) is 0 Å². The van der Waals surface area contributed by atoms with Crippen LogP contribution in [0.25, 0.3) is 21.8 Å². The Bertz CT molecular complexity index is 857. The summed E-state index contributed by atoms with van der Waals surface area (Å²) >= 11 is 0. The summed E-state index contributed by atoms with van der Waals surface area (Å²) in [6.07, 6.45) is 0.833. The lowest BCUT2D eigenvalue weighted by Gasteiger charge is -2.01. The van der Waals surface area contributed by atoms with E-state index in [0.29, 0.717) is 0 Å². The standard InChI is InChI=1S/C18H14N2/c1-2-6-15-11-13(9-10-14(15)5-1)12-18-19-16-7-3-4-8-17(16)20-18/h1-11H,12H2,(H,19,20). The average Bonchev–Trinajstić information content (AvgIpc) is 2.89. The minimum absolute atomic E-state index is 0.833. The van der Waals surface area contributed by atoms with Crippen LogP contribution in [0.5, 0.6) is 0 Å². The molecule has 0 bridgehead atoms. The highest BCUT2D eigenvalue weighted by atomic mass is 14.9. The molecular weight excluding hydrogens is 244 g/mol. The van der Waals surface area contributed by atoms with Gasteiger partial charge in [0.1, 0.15) is 5.82 Å². The zero-order chi connectivity index (χ0) is 13.4. The Balaban J connectivity index is 1.72. The lowest BCUT2D eigenvalue weighted by Crippen LogP contribution is -1.90. The van der Waals surface area contributed by atoms with E-state index in [-0.39, 0.29) is 0 Å². The number of hydrogen-bond donors (Lipinski definition) is 1. The van der Waals surface area contributed by atoms with Gasteiger partial charge in [-0.2, -0.15) is 0 Å². The molecule has 0 aliphatic carbocycles. The van der Waals surface area contributed by atoms with E-state index in [1.54, 1.807) is 0 Å². The Hall–Kier alpha value is -2.61. The summed E-state index contributed by atoms with van der Waals surface area (Å²) in [6.45, 7) is 0.